The Bertz CT molecular complexity index is 1150. The number of aryl methyl sites for hydroxylation is 1. The van der Waals surface area contributed by atoms with Gasteiger partial charge in [0.1, 0.15) is 16.6 Å². The van der Waals surface area contributed by atoms with Crippen molar-refractivity contribution in [2.75, 3.05) is 44.6 Å². The van der Waals surface area contributed by atoms with Gasteiger partial charge in [-0.1, -0.05) is 30.4 Å². The SMILES string of the molecule is Cc1cc(F)cc(/C=C/C(=S)N2CCC3C(CN4CCC5(CC4)CNc4cc(O)ccc45)C3C2)c1. The van der Waals surface area contributed by atoms with E-state index in [4.69, 9.17) is 12.2 Å². The molecule has 2 aromatic carbocycles. The second-order valence-electron chi connectivity index (χ2n) is 11.1. The van der Waals surface area contributed by atoms with Crippen LogP contribution >= 0.6 is 12.2 Å². The number of fused-ring (bicyclic) bond motifs is 3. The molecular formula is C29H34FN3OS. The fourth-order valence-corrected chi connectivity index (χ4v) is 7.12. The number of piperidine rings is 2. The van der Waals surface area contributed by atoms with E-state index in [1.54, 1.807) is 12.1 Å². The van der Waals surface area contributed by atoms with E-state index in [-0.39, 0.29) is 11.2 Å². The Labute approximate surface area is 212 Å². The number of phenolic OH excluding ortho intramolecular Hbond substituents is 1. The fraction of sp³-hybridized carbons (Fsp3) is 0.483. The number of phenols is 1. The first kappa shape index (κ1) is 23.0. The van der Waals surface area contributed by atoms with Gasteiger partial charge in [0.2, 0.25) is 0 Å². The molecule has 3 unspecified atom stereocenters. The first-order valence-electron chi connectivity index (χ1n) is 12.9. The van der Waals surface area contributed by atoms with E-state index < -0.39 is 0 Å². The van der Waals surface area contributed by atoms with Gasteiger partial charge in [-0.15, -0.1) is 0 Å². The lowest BCUT2D eigenvalue weighted by Gasteiger charge is -2.39. The Morgan fingerprint density at radius 2 is 2.00 bits per heavy atom. The third-order valence-corrected chi connectivity index (χ3v) is 9.34. The van der Waals surface area contributed by atoms with Crippen LogP contribution in [0, 0.1) is 30.5 Å². The molecule has 1 saturated carbocycles. The summed E-state index contributed by atoms with van der Waals surface area (Å²) >= 11 is 5.72. The Hall–Kier alpha value is -2.44. The van der Waals surface area contributed by atoms with Gasteiger partial charge in [-0.05, 0) is 98.0 Å². The lowest BCUT2D eigenvalue weighted by Crippen LogP contribution is -2.44. The summed E-state index contributed by atoms with van der Waals surface area (Å²) < 4.78 is 13.7. The summed E-state index contributed by atoms with van der Waals surface area (Å²) in [6.07, 6.45) is 7.50. The summed E-state index contributed by atoms with van der Waals surface area (Å²) in [5.41, 5.74) is 4.52. The highest BCUT2D eigenvalue weighted by molar-refractivity contribution is 7.80. The average molecular weight is 492 g/mol. The Morgan fingerprint density at radius 1 is 1.17 bits per heavy atom. The first-order valence-corrected chi connectivity index (χ1v) is 13.3. The molecule has 3 aliphatic heterocycles. The molecule has 184 valence electrons. The summed E-state index contributed by atoms with van der Waals surface area (Å²) in [5.74, 6) is 2.53. The van der Waals surface area contributed by atoms with Crippen molar-refractivity contribution in [1.29, 1.82) is 0 Å². The highest BCUT2D eigenvalue weighted by Crippen LogP contribution is 2.53. The van der Waals surface area contributed by atoms with Crippen LogP contribution in [0.4, 0.5) is 10.1 Å². The first-order chi connectivity index (χ1) is 16.9. The van der Waals surface area contributed by atoms with Crippen LogP contribution in [0.1, 0.15) is 36.0 Å². The number of anilines is 1. The molecule has 0 radical (unpaired) electrons. The van der Waals surface area contributed by atoms with Gasteiger partial charge in [-0.3, -0.25) is 0 Å². The molecule has 3 fully saturated rings. The van der Waals surface area contributed by atoms with E-state index in [1.807, 2.05) is 37.3 Å². The van der Waals surface area contributed by atoms with Gasteiger partial charge in [0.25, 0.3) is 0 Å². The number of hydrogen-bond acceptors (Lipinski definition) is 4. The van der Waals surface area contributed by atoms with Crippen molar-refractivity contribution in [3.8, 4) is 5.75 Å². The number of nitrogens with zero attached hydrogens (tertiary/aromatic N) is 2. The molecule has 4 nitrogen and oxygen atoms in total. The van der Waals surface area contributed by atoms with E-state index >= 15 is 0 Å². The molecular weight excluding hydrogens is 457 g/mol. The Kier molecular flexibility index (Phi) is 5.84. The summed E-state index contributed by atoms with van der Waals surface area (Å²) in [7, 11) is 0. The smallest absolute Gasteiger partial charge is 0.124 e. The number of hydrogen-bond donors (Lipinski definition) is 2. The van der Waals surface area contributed by atoms with Crippen LogP contribution < -0.4 is 5.32 Å². The highest BCUT2D eigenvalue weighted by Gasteiger charge is 2.53. The molecule has 4 aliphatic rings. The predicted molar refractivity (Wildman–Crippen MR) is 143 cm³/mol. The van der Waals surface area contributed by atoms with Gasteiger partial charge < -0.3 is 20.2 Å². The molecule has 0 aromatic heterocycles. The normalized spacial score (nSPS) is 27.0. The number of thiocarbonyl (C=S) groups is 1. The van der Waals surface area contributed by atoms with Gasteiger partial charge in [0.05, 0.1) is 0 Å². The van der Waals surface area contributed by atoms with Crippen molar-refractivity contribution >= 4 is 29.0 Å². The van der Waals surface area contributed by atoms with Gasteiger partial charge in [-0.2, -0.15) is 0 Å². The molecule has 2 N–H and O–H groups in total. The Morgan fingerprint density at radius 3 is 2.80 bits per heavy atom. The highest BCUT2D eigenvalue weighted by atomic mass is 32.1. The summed E-state index contributed by atoms with van der Waals surface area (Å²) in [6.45, 7) is 8.49. The van der Waals surface area contributed by atoms with Crippen LogP contribution in [0.2, 0.25) is 0 Å². The molecule has 2 saturated heterocycles. The zero-order valence-electron chi connectivity index (χ0n) is 20.3. The molecule has 6 rings (SSSR count). The van der Waals surface area contributed by atoms with Crippen molar-refractivity contribution in [3.05, 3.63) is 65.0 Å². The molecule has 3 heterocycles. The number of aromatic hydroxyl groups is 1. The zero-order valence-corrected chi connectivity index (χ0v) is 21.2. The monoisotopic (exact) mass is 491 g/mol. The van der Waals surface area contributed by atoms with Crippen molar-refractivity contribution < 1.29 is 9.50 Å². The molecule has 6 heteroatoms. The van der Waals surface area contributed by atoms with Gasteiger partial charge in [0, 0.05) is 43.3 Å². The quantitative estimate of drug-likeness (QED) is 0.454. The van der Waals surface area contributed by atoms with E-state index in [2.05, 4.69) is 21.2 Å². The average Bonchev–Trinajstić information content (AvgIpc) is 3.41. The van der Waals surface area contributed by atoms with Crippen LogP contribution in [-0.4, -0.2) is 59.2 Å². The fourth-order valence-electron chi connectivity index (χ4n) is 6.89. The lowest BCUT2D eigenvalue weighted by atomic mass is 9.74. The summed E-state index contributed by atoms with van der Waals surface area (Å²) in [6, 6.07) is 10.9. The third-order valence-electron chi connectivity index (χ3n) is 8.94. The number of benzene rings is 2. The van der Waals surface area contributed by atoms with Gasteiger partial charge in [-0.25, -0.2) is 4.39 Å². The molecule has 0 amide bonds. The van der Waals surface area contributed by atoms with Crippen LogP contribution in [0.15, 0.2) is 42.5 Å². The van der Waals surface area contributed by atoms with E-state index in [1.165, 1.54) is 31.4 Å². The van der Waals surface area contributed by atoms with Crippen LogP contribution in [0.3, 0.4) is 0 Å². The number of nitrogens with one attached hydrogen (secondary N) is 1. The van der Waals surface area contributed by atoms with E-state index in [0.717, 1.165) is 72.3 Å². The number of likely N-dealkylation sites (tertiary alicyclic amines) is 2. The van der Waals surface area contributed by atoms with Crippen molar-refractivity contribution in [1.82, 2.24) is 9.80 Å². The molecule has 35 heavy (non-hydrogen) atoms. The second-order valence-corrected chi connectivity index (χ2v) is 11.5. The van der Waals surface area contributed by atoms with Crippen molar-refractivity contribution in [2.45, 2.75) is 31.6 Å². The zero-order chi connectivity index (χ0) is 24.2. The maximum atomic E-state index is 13.7. The molecule has 2 aromatic rings. The standard InChI is InChI=1S/C29H34FN3OS/c1-19-12-20(14-21(30)13-19)2-5-28(35)33-9-6-23-24(25(23)17-33)16-32-10-7-29(8-11-32)18-31-27-15-22(34)3-4-26(27)29/h2-5,12-15,23-25,31,34H,6-11,16-18H2,1H3/b5-2+. The van der Waals surface area contributed by atoms with E-state index in [0.29, 0.717) is 5.75 Å². The minimum Gasteiger partial charge on any atom is -0.508 e. The second kappa shape index (κ2) is 8.90. The topological polar surface area (TPSA) is 38.7 Å². The number of rotatable bonds is 4. The Balaban J connectivity index is 1.01. The minimum absolute atomic E-state index is 0.200. The van der Waals surface area contributed by atoms with Crippen LogP contribution in [0.25, 0.3) is 6.08 Å². The molecule has 3 atom stereocenters. The molecule has 1 aliphatic carbocycles. The molecule has 0 bridgehead atoms. The van der Waals surface area contributed by atoms with Crippen LogP contribution in [0.5, 0.6) is 5.75 Å². The third kappa shape index (κ3) is 4.47. The molecule has 1 spiro atoms. The maximum Gasteiger partial charge on any atom is 0.124 e. The minimum atomic E-state index is -0.200. The lowest BCUT2D eigenvalue weighted by molar-refractivity contribution is 0.159. The predicted octanol–water partition coefficient (Wildman–Crippen LogP) is 5.21. The van der Waals surface area contributed by atoms with Crippen molar-refractivity contribution in [3.63, 3.8) is 0 Å². The van der Waals surface area contributed by atoms with Gasteiger partial charge >= 0.3 is 0 Å². The van der Waals surface area contributed by atoms with Crippen LogP contribution in [-0.2, 0) is 5.41 Å². The summed E-state index contributed by atoms with van der Waals surface area (Å²) in [5, 5.41) is 13.3. The van der Waals surface area contributed by atoms with E-state index in [9.17, 15) is 9.50 Å². The largest absolute Gasteiger partial charge is 0.508 e. The number of halogens is 1. The van der Waals surface area contributed by atoms with Crippen molar-refractivity contribution in [2.24, 2.45) is 17.8 Å². The van der Waals surface area contributed by atoms with Gasteiger partial charge in [0.15, 0.2) is 0 Å². The maximum absolute atomic E-state index is 13.7. The summed E-state index contributed by atoms with van der Waals surface area (Å²) in [4.78, 5) is 5.90.